The first-order chi connectivity index (χ1) is 16.5. The largest absolute Gasteiger partial charge is 0.493 e. The van der Waals surface area contributed by atoms with Crippen molar-refractivity contribution in [2.75, 3.05) is 13.2 Å². The third kappa shape index (κ3) is 7.07. The van der Waals surface area contributed by atoms with Crippen molar-refractivity contribution in [2.45, 2.75) is 33.2 Å². The van der Waals surface area contributed by atoms with Crippen molar-refractivity contribution in [3.8, 4) is 5.75 Å². The highest BCUT2D eigenvalue weighted by Crippen LogP contribution is 2.28. The summed E-state index contributed by atoms with van der Waals surface area (Å²) in [6, 6.07) is 20.5. The van der Waals surface area contributed by atoms with E-state index >= 15 is 0 Å². The number of hydrazone groups is 1. The smallest absolute Gasteiger partial charge is 0.407 e. The van der Waals surface area contributed by atoms with Gasteiger partial charge >= 0.3 is 6.09 Å². The third-order valence-corrected chi connectivity index (χ3v) is 5.04. The fourth-order valence-electron chi connectivity index (χ4n) is 3.45. The van der Waals surface area contributed by atoms with Crippen LogP contribution in [0, 0.1) is 5.92 Å². The number of rotatable bonds is 10. The molecule has 2 amide bonds. The van der Waals surface area contributed by atoms with Gasteiger partial charge in [-0.15, -0.1) is 0 Å². The van der Waals surface area contributed by atoms with Crippen LogP contribution in [0.25, 0.3) is 10.8 Å². The fraction of sp³-hybridized carbons (Fsp3) is 0.296. The standard InChI is InChI=1S/C27H31N3O4/c1-4-33-27(32)29-24(20-10-6-5-7-11-20)16-26(31)30-28-17-21-14-15-25(34-18-19(2)3)23-13-9-8-12-22(21)23/h5-15,17,19,24H,4,16,18H2,1-3H3,(H,29,32)(H,30,31)/b28-17-/t24-/m0/s1. The van der Waals surface area contributed by atoms with Gasteiger partial charge in [0.2, 0.25) is 5.91 Å². The van der Waals surface area contributed by atoms with Gasteiger partial charge < -0.3 is 14.8 Å². The number of nitrogens with zero attached hydrogens (tertiary/aromatic N) is 1. The summed E-state index contributed by atoms with van der Waals surface area (Å²) in [6.07, 6.45) is 1.06. The van der Waals surface area contributed by atoms with E-state index in [1.807, 2.05) is 66.7 Å². The highest BCUT2D eigenvalue weighted by atomic mass is 16.5. The molecule has 0 aliphatic heterocycles. The molecule has 7 nitrogen and oxygen atoms in total. The molecular formula is C27H31N3O4. The van der Waals surface area contributed by atoms with Crippen molar-refractivity contribution < 1.29 is 19.1 Å². The minimum Gasteiger partial charge on any atom is -0.493 e. The lowest BCUT2D eigenvalue weighted by Gasteiger charge is -2.18. The zero-order valence-electron chi connectivity index (χ0n) is 19.8. The summed E-state index contributed by atoms with van der Waals surface area (Å²) < 4.78 is 10.9. The number of benzene rings is 3. The quantitative estimate of drug-likeness (QED) is 0.321. The lowest BCUT2D eigenvalue weighted by Crippen LogP contribution is -2.33. The van der Waals surface area contributed by atoms with E-state index < -0.39 is 12.1 Å². The number of hydrogen-bond acceptors (Lipinski definition) is 5. The summed E-state index contributed by atoms with van der Waals surface area (Å²) >= 11 is 0. The van der Waals surface area contributed by atoms with Gasteiger partial charge in [0.05, 0.1) is 31.9 Å². The second-order valence-electron chi connectivity index (χ2n) is 8.23. The minimum absolute atomic E-state index is 0.0168. The van der Waals surface area contributed by atoms with Crippen molar-refractivity contribution >= 4 is 29.0 Å². The van der Waals surface area contributed by atoms with E-state index in [0.717, 1.165) is 27.6 Å². The Kier molecular flexibility index (Phi) is 9.03. The second-order valence-corrected chi connectivity index (χ2v) is 8.23. The number of nitrogens with one attached hydrogen (secondary N) is 2. The Bertz CT molecular complexity index is 1130. The lowest BCUT2D eigenvalue weighted by molar-refractivity contribution is -0.121. The van der Waals surface area contributed by atoms with Crippen molar-refractivity contribution in [3.63, 3.8) is 0 Å². The van der Waals surface area contributed by atoms with Gasteiger partial charge in [0.25, 0.3) is 0 Å². The number of carbonyl (C=O) groups excluding carboxylic acids is 2. The SMILES string of the molecule is CCOC(=O)N[C@@H](CC(=O)N/N=C\c1ccc(OCC(C)C)c2ccccc12)c1ccccc1. The van der Waals surface area contributed by atoms with Gasteiger partial charge in [-0.1, -0.05) is 68.4 Å². The molecular weight excluding hydrogens is 430 g/mol. The molecule has 0 fully saturated rings. The molecule has 0 bridgehead atoms. The van der Waals surface area contributed by atoms with Gasteiger partial charge in [0.15, 0.2) is 0 Å². The summed E-state index contributed by atoms with van der Waals surface area (Å²) in [5.74, 6) is 0.914. The fourth-order valence-corrected chi connectivity index (χ4v) is 3.45. The number of amides is 2. The molecule has 7 heteroatoms. The van der Waals surface area contributed by atoms with Crippen molar-refractivity contribution in [1.29, 1.82) is 0 Å². The van der Waals surface area contributed by atoms with Crippen LogP contribution in [-0.2, 0) is 9.53 Å². The number of carbonyl (C=O) groups is 2. The lowest BCUT2D eigenvalue weighted by atomic mass is 10.0. The van der Waals surface area contributed by atoms with Gasteiger partial charge in [0, 0.05) is 10.9 Å². The Labute approximate surface area is 200 Å². The summed E-state index contributed by atoms with van der Waals surface area (Å²) in [4.78, 5) is 24.5. The Balaban J connectivity index is 1.69. The van der Waals surface area contributed by atoms with E-state index in [-0.39, 0.29) is 18.9 Å². The van der Waals surface area contributed by atoms with Crippen LogP contribution >= 0.6 is 0 Å². The molecule has 0 unspecified atom stereocenters. The van der Waals surface area contributed by atoms with Crippen LogP contribution in [-0.4, -0.2) is 31.4 Å². The highest BCUT2D eigenvalue weighted by Gasteiger charge is 2.18. The first-order valence-corrected chi connectivity index (χ1v) is 11.4. The van der Waals surface area contributed by atoms with E-state index in [1.165, 1.54) is 0 Å². The Morgan fingerprint density at radius 3 is 2.38 bits per heavy atom. The average molecular weight is 462 g/mol. The van der Waals surface area contributed by atoms with Crippen LogP contribution in [0.5, 0.6) is 5.75 Å². The molecule has 0 spiro atoms. The molecule has 0 radical (unpaired) electrons. The predicted molar refractivity (Wildman–Crippen MR) is 134 cm³/mol. The van der Waals surface area contributed by atoms with Gasteiger partial charge in [-0.25, -0.2) is 10.2 Å². The van der Waals surface area contributed by atoms with E-state index in [0.29, 0.717) is 12.5 Å². The predicted octanol–water partition coefficient (Wildman–Crippen LogP) is 5.20. The normalized spacial score (nSPS) is 12.0. The molecule has 0 saturated heterocycles. The van der Waals surface area contributed by atoms with Crippen molar-refractivity contribution in [3.05, 3.63) is 77.9 Å². The molecule has 0 heterocycles. The maximum Gasteiger partial charge on any atom is 0.407 e. The van der Waals surface area contributed by atoms with Crippen LogP contribution in [0.1, 0.15) is 44.4 Å². The zero-order valence-corrected chi connectivity index (χ0v) is 19.8. The van der Waals surface area contributed by atoms with Crippen molar-refractivity contribution in [1.82, 2.24) is 10.7 Å². The molecule has 0 aromatic heterocycles. The molecule has 0 aliphatic carbocycles. The molecule has 178 valence electrons. The molecule has 3 aromatic carbocycles. The van der Waals surface area contributed by atoms with Crippen LogP contribution in [0.3, 0.4) is 0 Å². The number of fused-ring (bicyclic) bond motifs is 1. The molecule has 0 aliphatic rings. The van der Waals surface area contributed by atoms with Crippen LogP contribution in [0.2, 0.25) is 0 Å². The first kappa shape index (κ1) is 24.8. The van der Waals surface area contributed by atoms with Gasteiger partial charge in [-0.2, -0.15) is 5.10 Å². The minimum atomic E-state index is -0.570. The van der Waals surface area contributed by atoms with Gasteiger partial charge in [-0.05, 0) is 35.9 Å². The maximum absolute atomic E-state index is 12.6. The van der Waals surface area contributed by atoms with Crippen LogP contribution in [0.4, 0.5) is 4.79 Å². The Morgan fingerprint density at radius 1 is 0.971 bits per heavy atom. The summed E-state index contributed by atoms with van der Waals surface area (Å²) in [5, 5.41) is 8.85. The second kappa shape index (κ2) is 12.4. The number of hydrogen-bond donors (Lipinski definition) is 2. The molecule has 2 N–H and O–H groups in total. The number of ether oxygens (including phenoxy) is 2. The molecule has 3 aromatic rings. The summed E-state index contributed by atoms with van der Waals surface area (Å²) in [5.41, 5.74) is 4.22. The Morgan fingerprint density at radius 2 is 1.68 bits per heavy atom. The van der Waals surface area contributed by atoms with Gasteiger partial charge in [0.1, 0.15) is 5.75 Å². The monoisotopic (exact) mass is 461 g/mol. The topological polar surface area (TPSA) is 89.0 Å². The van der Waals surface area contributed by atoms with Gasteiger partial charge in [-0.3, -0.25) is 4.79 Å². The third-order valence-electron chi connectivity index (χ3n) is 5.04. The first-order valence-electron chi connectivity index (χ1n) is 11.4. The van der Waals surface area contributed by atoms with E-state index in [4.69, 9.17) is 9.47 Å². The zero-order chi connectivity index (χ0) is 24.3. The molecule has 1 atom stereocenters. The average Bonchev–Trinajstić information content (AvgIpc) is 2.83. The maximum atomic E-state index is 12.6. The number of alkyl carbamates (subject to hydrolysis) is 1. The molecule has 0 saturated carbocycles. The van der Waals surface area contributed by atoms with Crippen LogP contribution in [0.15, 0.2) is 71.8 Å². The van der Waals surface area contributed by atoms with E-state index in [1.54, 1.807) is 13.1 Å². The summed E-state index contributed by atoms with van der Waals surface area (Å²) in [7, 11) is 0. The summed E-state index contributed by atoms with van der Waals surface area (Å²) in [6.45, 7) is 6.83. The van der Waals surface area contributed by atoms with Crippen molar-refractivity contribution in [2.24, 2.45) is 11.0 Å². The Hall–Kier alpha value is -3.87. The molecule has 34 heavy (non-hydrogen) atoms. The van der Waals surface area contributed by atoms with E-state index in [2.05, 4.69) is 29.7 Å². The highest BCUT2D eigenvalue weighted by molar-refractivity contribution is 6.02. The molecule has 3 rings (SSSR count). The van der Waals surface area contributed by atoms with E-state index in [9.17, 15) is 9.59 Å². The van der Waals surface area contributed by atoms with Crippen LogP contribution < -0.4 is 15.5 Å².